The minimum Gasteiger partial charge on any atom is -0.465 e. The van der Waals surface area contributed by atoms with Gasteiger partial charge in [0.2, 0.25) is 0 Å². The highest BCUT2D eigenvalue weighted by Crippen LogP contribution is 2.27. The first-order valence-electron chi connectivity index (χ1n) is 6.85. The van der Waals surface area contributed by atoms with Gasteiger partial charge in [0.05, 0.1) is 24.1 Å². The average molecular weight is 293 g/mol. The molecule has 0 bridgehead atoms. The second-order valence-corrected chi connectivity index (χ2v) is 4.82. The topological polar surface area (TPSA) is 57.0 Å². The predicted molar refractivity (Wildman–Crippen MR) is 82.9 cm³/mol. The number of methoxy groups -OCH3 is 1. The van der Waals surface area contributed by atoms with Crippen LogP contribution in [0.2, 0.25) is 0 Å². The van der Waals surface area contributed by atoms with Crippen LogP contribution < -0.4 is 0 Å². The third-order valence-electron chi connectivity index (χ3n) is 3.44. The Morgan fingerprint density at radius 2 is 1.91 bits per heavy atom. The van der Waals surface area contributed by atoms with E-state index < -0.39 is 5.97 Å². The Hall–Kier alpha value is -2.95. The minimum absolute atomic E-state index is 0.407. The summed E-state index contributed by atoms with van der Waals surface area (Å²) in [5.74, 6) is -0.407. The van der Waals surface area contributed by atoms with Crippen LogP contribution in [0.25, 0.3) is 16.8 Å². The maximum absolute atomic E-state index is 11.9. The van der Waals surface area contributed by atoms with E-state index in [9.17, 15) is 4.79 Å². The molecule has 3 rings (SSSR count). The number of nitrogens with zero attached hydrogens (tertiary/aromatic N) is 3. The molecule has 1 aromatic carbocycles. The van der Waals surface area contributed by atoms with Crippen LogP contribution in [0.5, 0.6) is 0 Å². The molecular weight excluding hydrogens is 278 g/mol. The van der Waals surface area contributed by atoms with E-state index in [4.69, 9.17) is 4.74 Å². The summed E-state index contributed by atoms with van der Waals surface area (Å²) in [4.78, 5) is 15.9. The van der Waals surface area contributed by atoms with Gasteiger partial charge in [-0.3, -0.25) is 4.98 Å². The molecule has 0 fully saturated rings. The smallest absolute Gasteiger partial charge is 0.340 e. The molecule has 110 valence electrons. The van der Waals surface area contributed by atoms with Crippen molar-refractivity contribution in [3.05, 3.63) is 66.2 Å². The zero-order valence-corrected chi connectivity index (χ0v) is 12.4. The summed E-state index contributed by atoms with van der Waals surface area (Å²) in [5.41, 5.74) is 3.87. The largest absolute Gasteiger partial charge is 0.465 e. The van der Waals surface area contributed by atoms with Gasteiger partial charge in [0.25, 0.3) is 0 Å². The first-order valence-corrected chi connectivity index (χ1v) is 6.85. The van der Waals surface area contributed by atoms with Crippen molar-refractivity contribution in [2.24, 2.45) is 0 Å². The number of aromatic nitrogens is 3. The second-order valence-electron chi connectivity index (χ2n) is 4.82. The van der Waals surface area contributed by atoms with Crippen LogP contribution in [0.1, 0.15) is 16.1 Å². The van der Waals surface area contributed by atoms with Gasteiger partial charge in [-0.15, -0.1) is 0 Å². The lowest BCUT2D eigenvalue weighted by Gasteiger charge is -2.05. The first-order chi connectivity index (χ1) is 10.7. The van der Waals surface area contributed by atoms with Gasteiger partial charge in [-0.05, 0) is 25.1 Å². The Kier molecular flexibility index (Phi) is 3.70. The van der Waals surface area contributed by atoms with E-state index in [-0.39, 0.29) is 0 Å². The van der Waals surface area contributed by atoms with Crippen molar-refractivity contribution in [2.45, 2.75) is 6.92 Å². The number of pyridine rings is 1. The Labute approximate surface area is 128 Å². The normalized spacial score (nSPS) is 10.5. The van der Waals surface area contributed by atoms with Crippen LogP contribution in [0, 0.1) is 6.92 Å². The Morgan fingerprint density at radius 1 is 1.14 bits per heavy atom. The average Bonchev–Trinajstić information content (AvgIpc) is 2.96. The van der Waals surface area contributed by atoms with Gasteiger partial charge < -0.3 is 4.74 Å². The number of ether oxygens (including phenoxy) is 1. The van der Waals surface area contributed by atoms with Crippen LogP contribution in [0.15, 0.2) is 55.0 Å². The molecule has 2 aromatic heterocycles. The SMILES string of the molecule is COC(=O)c1cnccc1-c1cn(-c2ccccc2)nc1C. The van der Waals surface area contributed by atoms with Crippen molar-refractivity contribution in [2.75, 3.05) is 7.11 Å². The summed E-state index contributed by atoms with van der Waals surface area (Å²) in [6.07, 6.45) is 5.08. The van der Waals surface area contributed by atoms with Crippen LogP contribution in [0.3, 0.4) is 0 Å². The monoisotopic (exact) mass is 293 g/mol. The molecule has 0 aliphatic heterocycles. The lowest BCUT2D eigenvalue weighted by atomic mass is 10.0. The van der Waals surface area contributed by atoms with Crippen LogP contribution >= 0.6 is 0 Å². The van der Waals surface area contributed by atoms with Crippen LogP contribution in [-0.4, -0.2) is 27.8 Å². The number of hydrogen-bond donors (Lipinski definition) is 0. The van der Waals surface area contributed by atoms with E-state index in [0.717, 1.165) is 22.5 Å². The number of benzene rings is 1. The molecule has 5 heteroatoms. The van der Waals surface area contributed by atoms with Crippen molar-refractivity contribution < 1.29 is 9.53 Å². The highest BCUT2D eigenvalue weighted by molar-refractivity contribution is 5.97. The van der Waals surface area contributed by atoms with Crippen molar-refractivity contribution in [1.29, 1.82) is 0 Å². The van der Waals surface area contributed by atoms with E-state index in [0.29, 0.717) is 5.56 Å². The van der Waals surface area contributed by atoms with Gasteiger partial charge in [-0.25, -0.2) is 9.48 Å². The molecule has 0 saturated carbocycles. The Morgan fingerprint density at radius 3 is 2.64 bits per heavy atom. The van der Waals surface area contributed by atoms with Crippen molar-refractivity contribution in [3.63, 3.8) is 0 Å². The molecule has 22 heavy (non-hydrogen) atoms. The van der Waals surface area contributed by atoms with Gasteiger partial charge >= 0.3 is 5.97 Å². The lowest BCUT2D eigenvalue weighted by molar-refractivity contribution is 0.0601. The number of para-hydroxylation sites is 1. The number of carbonyl (C=O) groups is 1. The molecule has 0 unspecified atom stereocenters. The second kappa shape index (κ2) is 5.81. The van der Waals surface area contributed by atoms with Gasteiger partial charge in [0.1, 0.15) is 0 Å². The maximum atomic E-state index is 11.9. The van der Waals surface area contributed by atoms with E-state index in [1.807, 2.05) is 43.5 Å². The number of aryl methyl sites for hydroxylation is 1. The maximum Gasteiger partial charge on any atom is 0.340 e. The van der Waals surface area contributed by atoms with Gasteiger partial charge in [0.15, 0.2) is 0 Å². The van der Waals surface area contributed by atoms with E-state index in [2.05, 4.69) is 10.1 Å². The van der Waals surface area contributed by atoms with E-state index >= 15 is 0 Å². The molecule has 0 radical (unpaired) electrons. The highest BCUT2D eigenvalue weighted by atomic mass is 16.5. The lowest BCUT2D eigenvalue weighted by Crippen LogP contribution is -2.04. The summed E-state index contributed by atoms with van der Waals surface area (Å²) < 4.78 is 6.62. The molecular formula is C17H15N3O2. The standard InChI is InChI=1S/C17H15N3O2/c1-12-16(11-20(19-12)13-6-4-3-5-7-13)14-8-9-18-10-15(14)17(21)22-2/h3-11H,1-2H3. The van der Waals surface area contributed by atoms with E-state index in [1.54, 1.807) is 16.9 Å². The third-order valence-corrected chi connectivity index (χ3v) is 3.44. The summed E-state index contributed by atoms with van der Waals surface area (Å²) in [7, 11) is 1.36. The number of esters is 1. The van der Waals surface area contributed by atoms with Crippen LogP contribution in [-0.2, 0) is 4.74 Å². The first kappa shape index (κ1) is 14.0. The number of carbonyl (C=O) groups excluding carboxylic acids is 1. The molecule has 0 spiro atoms. The third kappa shape index (κ3) is 2.48. The zero-order valence-electron chi connectivity index (χ0n) is 12.4. The number of hydrogen-bond acceptors (Lipinski definition) is 4. The summed E-state index contributed by atoms with van der Waals surface area (Å²) >= 11 is 0. The van der Waals surface area contributed by atoms with Crippen LogP contribution in [0.4, 0.5) is 0 Å². The fourth-order valence-corrected chi connectivity index (χ4v) is 2.34. The van der Waals surface area contributed by atoms with Gasteiger partial charge in [-0.1, -0.05) is 18.2 Å². The van der Waals surface area contributed by atoms with E-state index in [1.165, 1.54) is 13.3 Å². The summed E-state index contributed by atoms with van der Waals surface area (Å²) in [5, 5.41) is 4.53. The molecule has 0 aliphatic carbocycles. The molecule has 3 aromatic rings. The Bertz CT molecular complexity index is 810. The fraction of sp³-hybridized carbons (Fsp3) is 0.118. The minimum atomic E-state index is -0.407. The molecule has 0 saturated heterocycles. The van der Waals surface area contributed by atoms with Crippen molar-refractivity contribution >= 4 is 5.97 Å². The zero-order chi connectivity index (χ0) is 15.5. The molecule has 2 heterocycles. The van der Waals surface area contributed by atoms with Crippen molar-refractivity contribution in [1.82, 2.24) is 14.8 Å². The summed E-state index contributed by atoms with van der Waals surface area (Å²) in [6.45, 7) is 1.91. The van der Waals surface area contributed by atoms with Crippen molar-refractivity contribution in [3.8, 4) is 16.8 Å². The van der Waals surface area contributed by atoms with Gasteiger partial charge in [0, 0.05) is 29.7 Å². The molecule has 0 aliphatic rings. The quantitative estimate of drug-likeness (QED) is 0.696. The predicted octanol–water partition coefficient (Wildman–Crippen LogP) is 3.03. The molecule has 0 amide bonds. The highest BCUT2D eigenvalue weighted by Gasteiger charge is 2.17. The summed E-state index contributed by atoms with van der Waals surface area (Å²) in [6, 6.07) is 11.6. The molecule has 0 N–H and O–H groups in total. The fourth-order valence-electron chi connectivity index (χ4n) is 2.34. The molecule has 5 nitrogen and oxygen atoms in total. The van der Waals surface area contributed by atoms with Gasteiger partial charge in [-0.2, -0.15) is 5.10 Å². The Balaban J connectivity index is 2.11. The number of rotatable bonds is 3. The molecule has 0 atom stereocenters.